The number of nitrogens with one attached hydrogen (secondary N) is 1. The van der Waals surface area contributed by atoms with Gasteiger partial charge in [0.25, 0.3) is 0 Å². The van der Waals surface area contributed by atoms with Crippen molar-refractivity contribution in [2.24, 2.45) is 0 Å². The summed E-state index contributed by atoms with van der Waals surface area (Å²) in [7, 11) is 0. The van der Waals surface area contributed by atoms with Crippen molar-refractivity contribution in [3.63, 3.8) is 0 Å². The first-order valence-corrected chi connectivity index (χ1v) is 7.78. The Morgan fingerprint density at radius 2 is 2.25 bits per heavy atom. The lowest BCUT2D eigenvalue weighted by molar-refractivity contribution is 0.634. The van der Waals surface area contributed by atoms with Crippen molar-refractivity contribution in [2.45, 2.75) is 45.7 Å². The van der Waals surface area contributed by atoms with Gasteiger partial charge in [-0.2, -0.15) is 0 Å². The molecule has 3 rings (SSSR count). The third kappa shape index (κ3) is 2.29. The van der Waals surface area contributed by atoms with E-state index < -0.39 is 0 Å². The SMILES string of the molecule is CCNCc1c(N2CCCC2CC)nc2ccccn12. The van der Waals surface area contributed by atoms with Gasteiger partial charge in [0.15, 0.2) is 5.82 Å². The highest BCUT2D eigenvalue weighted by atomic mass is 15.3. The quantitative estimate of drug-likeness (QED) is 0.908. The maximum absolute atomic E-state index is 4.89. The van der Waals surface area contributed by atoms with Crippen LogP contribution in [0.4, 0.5) is 5.82 Å². The van der Waals surface area contributed by atoms with E-state index in [4.69, 9.17) is 4.98 Å². The molecule has 4 nitrogen and oxygen atoms in total. The van der Waals surface area contributed by atoms with Gasteiger partial charge in [0, 0.05) is 25.3 Å². The predicted octanol–water partition coefficient (Wildman–Crippen LogP) is 2.82. The highest BCUT2D eigenvalue weighted by Gasteiger charge is 2.27. The molecule has 0 spiro atoms. The fourth-order valence-electron chi connectivity index (χ4n) is 3.21. The van der Waals surface area contributed by atoms with Gasteiger partial charge in [0.2, 0.25) is 0 Å². The topological polar surface area (TPSA) is 32.6 Å². The van der Waals surface area contributed by atoms with Crippen LogP contribution in [0.2, 0.25) is 0 Å². The summed E-state index contributed by atoms with van der Waals surface area (Å²) in [5, 5.41) is 3.45. The highest BCUT2D eigenvalue weighted by molar-refractivity contribution is 5.57. The molecule has 2 aromatic heterocycles. The van der Waals surface area contributed by atoms with Crippen LogP contribution in [0.25, 0.3) is 5.65 Å². The number of nitrogens with zero attached hydrogens (tertiary/aromatic N) is 3. The molecule has 0 aromatic carbocycles. The van der Waals surface area contributed by atoms with E-state index in [2.05, 4.69) is 52.9 Å². The van der Waals surface area contributed by atoms with Gasteiger partial charge < -0.3 is 14.6 Å². The van der Waals surface area contributed by atoms with E-state index in [1.54, 1.807) is 0 Å². The van der Waals surface area contributed by atoms with Crippen molar-refractivity contribution in [1.82, 2.24) is 14.7 Å². The van der Waals surface area contributed by atoms with Crippen molar-refractivity contribution in [3.05, 3.63) is 30.1 Å². The average molecular weight is 272 g/mol. The molecular weight excluding hydrogens is 248 g/mol. The van der Waals surface area contributed by atoms with Crippen LogP contribution < -0.4 is 10.2 Å². The standard InChI is InChI=1S/C16H24N4/c1-3-13-8-7-11-19(13)16-14(12-17-4-2)20-10-6-5-9-15(20)18-16/h5-6,9-10,13,17H,3-4,7-8,11-12H2,1-2H3. The molecule has 1 atom stereocenters. The van der Waals surface area contributed by atoms with Gasteiger partial charge in [-0.05, 0) is 37.9 Å². The summed E-state index contributed by atoms with van der Waals surface area (Å²) in [6.07, 6.45) is 5.90. The van der Waals surface area contributed by atoms with Crippen molar-refractivity contribution >= 4 is 11.5 Å². The first-order chi connectivity index (χ1) is 9.85. The lowest BCUT2D eigenvalue weighted by Crippen LogP contribution is -2.30. The Kier molecular flexibility index (Phi) is 3.92. The summed E-state index contributed by atoms with van der Waals surface area (Å²) in [5.41, 5.74) is 2.35. The molecule has 1 fully saturated rings. The van der Waals surface area contributed by atoms with Crippen LogP contribution in [0.15, 0.2) is 24.4 Å². The number of imidazole rings is 1. The van der Waals surface area contributed by atoms with Crippen molar-refractivity contribution in [1.29, 1.82) is 0 Å². The first kappa shape index (κ1) is 13.4. The number of hydrogen-bond acceptors (Lipinski definition) is 3. The molecule has 1 aliphatic heterocycles. The minimum Gasteiger partial charge on any atom is -0.352 e. The molecule has 1 unspecified atom stereocenters. The lowest BCUT2D eigenvalue weighted by atomic mass is 10.2. The van der Waals surface area contributed by atoms with Crippen molar-refractivity contribution in [2.75, 3.05) is 18.0 Å². The minimum absolute atomic E-state index is 0.653. The molecule has 1 N–H and O–H groups in total. The lowest BCUT2D eigenvalue weighted by Gasteiger charge is -2.24. The van der Waals surface area contributed by atoms with Gasteiger partial charge in [0.1, 0.15) is 5.65 Å². The molecule has 0 radical (unpaired) electrons. The third-order valence-electron chi connectivity index (χ3n) is 4.27. The van der Waals surface area contributed by atoms with Gasteiger partial charge in [-0.15, -0.1) is 0 Å². The number of anilines is 1. The Morgan fingerprint density at radius 1 is 1.35 bits per heavy atom. The van der Waals surface area contributed by atoms with Crippen LogP contribution in [0, 0.1) is 0 Å². The van der Waals surface area contributed by atoms with E-state index in [1.807, 2.05) is 0 Å². The van der Waals surface area contributed by atoms with E-state index in [1.165, 1.54) is 30.8 Å². The molecular formula is C16H24N4. The predicted molar refractivity (Wildman–Crippen MR) is 83.2 cm³/mol. The van der Waals surface area contributed by atoms with Crippen LogP contribution in [0.5, 0.6) is 0 Å². The zero-order valence-electron chi connectivity index (χ0n) is 12.5. The maximum Gasteiger partial charge on any atom is 0.152 e. The Hall–Kier alpha value is -1.55. The number of fused-ring (bicyclic) bond motifs is 1. The fraction of sp³-hybridized carbons (Fsp3) is 0.562. The Bertz CT molecular complexity index is 575. The van der Waals surface area contributed by atoms with Gasteiger partial charge in [0.05, 0.1) is 5.69 Å². The molecule has 0 saturated carbocycles. The molecule has 4 heteroatoms. The Labute approximate surface area is 120 Å². The monoisotopic (exact) mass is 272 g/mol. The number of rotatable bonds is 5. The van der Waals surface area contributed by atoms with Crippen LogP contribution in [0.3, 0.4) is 0 Å². The summed E-state index contributed by atoms with van der Waals surface area (Å²) >= 11 is 0. The van der Waals surface area contributed by atoms with Crippen LogP contribution in [-0.4, -0.2) is 28.5 Å². The maximum atomic E-state index is 4.89. The van der Waals surface area contributed by atoms with Gasteiger partial charge >= 0.3 is 0 Å². The molecule has 2 aromatic rings. The van der Waals surface area contributed by atoms with Gasteiger partial charge in [-0.3, -0.25) is 0 Å². The van der Waals surface area contributed by atoms with E-state index in [0.29, 0.717) is 6.04 Å². The van der Waals surface area contributed by atoms with E-state index in [9.17, 15) is 0 Å². The zero-order valence-corrected chi connectivity index (χ0v) is 12.5. The van der Waals surface area contributed by atoms with Crippen molar-refractivity contribution < 1.29 is 0 Å². The minimum atomic E-state index is 0.653. The van der Waals surface area contributed by atoms with E-state index >= 15 is 0 Å². The molecule has 1 aliphatic rings. The molecule has 20 heavy (non-hydrogen) atoms. The van der Waals surface area contributed by atoms with Gasteiger partial charge in [-0.25, -0.2) is 4.98 Å². The van der Waals surface area contributed by atoms with E-state index in [0.717, 1.165) is 25.3 Å². The second-order valence-corrected chi connectivity index (χ2v) is 5.49. The largest absolute Gasteiger partial charge is 0.352 e. The summed E-state index contributed by atoms with van der Waals surface area (Å²) in [4.78, 5) is 7.41. The second-order valence-electron chi connectivity index (χ2n) is 5.49. The first-order valence-electron chi connectivity index (χ1n) is 7.78. The normalized spacial score (nSPS) is 19.1. The summed E-state index contributed by atoms with van der Waals surface area (Å²) < 4.78 is 2.23. The smallest absolute Gasteiger partial charge is 0.152 e. The van der Waals surface area contributed by atoms with Crippen LogP contribution >= 0.6 is 0 Å². The van der Waals surface area contributed by atoms with Crippen LogP contribution in [-0.2, 0) is 6.54 Å². The highest BCUT2D eigenvalue weighted by Crippen LogP contribution is 2.30. The second kappa shape index (κ2) is 5.83. The molecule has 0 amide bonds. The Balaban J connectivity index is 2.04. The molecule has 1 saturated heterocycles. The third-order valence-corrected chi connectivity index (χ3v) is 4.27. The summed E-state index contributed by atoms with van der Waals surface area (Å²) in [5.74, 6) is 1.18. The summed E-state index contributed by atoms with van der Waals surface area (Å²) in [6.45, 7) is 7.43. The molecule has 0 bridgehead atoms. The Morgan fingerprint density at radius 3 is 3.05 bits per heavy atom. The average Bonchev–Trinajstić information content (AvgIpc) is 3.08. The molecule has 0 aliphatic carbocycles. The van der Waals surface area contributed by atoms with Gasteiger partial charge in [-0.1, -0.05) is 19.9 Å². The molecule has 108 valence electrons. The van der Waals surface area contributed by atoms with Crippen LogP contribution in [0.1, 0.15) is 38.8 Å². The zero-order chi connectivity index (χ0) is 13.9. The number of pyridine rings is 1. The molecule has 3 heterocycles. The summed E-state index contributed by atoms with van der Waals surface area (Å²) in [6, 6.07) is 6.88. The number of aromatic nitrogens is 2. The fourth-order valence-corrected chi connectivity index (χ4v) is 3.21. The number of hydrogen-bond donors (Lipinski definition) is 1. The van der Waals surface area contributed by atoms with Crippen molar-refractivity contribution in [3.8, 4) is 0 Å². The van der Waals surface area contributed by atoms with E-state index in [-0.39, 0.29) is 0 Å².